The minimum atomic E-state index is -0.330. The van der Waals surface area contributed by atoms with Crippen molar-refractivity contribution in [2.75, 3.05) is 19.6 Å². The largest absolute Gasteiger partial charge is 0.371 e. The maximum Gasteiger partial charge on any atom is 0.228 e. The Hall–Kier alpha value is -1.84. The van der Waals surface area contributed by atoms with Crippen LogP contribution >= 0.6 is 0 Å². The van der Waals surface area contributed by atoms with Gasteiger partial charge in [0, 0.05) is 54.3 Å². The predicted octanol–water partition coefficient (Wildman–Crippen LogP) is 5.97. The highest BCUT2D eigenvalue weighted by molar-refractivity contribution is 6.03. The van der Waals surface area contributed by atoms with Crippen molar-refractivity contribution in [2.24, 2.45) is 16.3 Å². The first-order chi connectivity index (χ1) is 14.1. The van der Waals surface area contributed by atoms with Crippen LogP contribution in [0.25, 0.3) is 0 Å². The van der Waals surface area contributed by atoms with Gasteiger partial charge < -0.3 is 9.80 Å². The van der Waals surface area contributed by atoms with Gasteiger partial charge in [0.2, 0.25) is 5.91 Å². The maximum atomic E-state index is 12.8. The van der Waals surface area contributed by atoms with Gasteiger partial charge in [-0.2, -0.15) is 0 Å². The topological polar surface area (TPSA) is 35.9 Å². The maximum absolute atomic E-state index is 12.8. The summed E-state index contributed by atoms with van der Waals surface area (Å²) in [6, 6.07) is 0.205. The van der Waals surface area contributed by atoms with E-state index in [0.717, 1.165) is 31.8 Å². The minimum absolute atomic E-state index is 0.205. The van der Waals surface area contributed by atoms with Gasteiger partial charge in [-0.05, 0) is 58.4 Å². The molecule has 4 heteroatoms. The minimum Gasteiger partial charge on any atom is -0.371 e. The molecule has 1 heterocycles. The highest BCUT2D eigenvalue weighted by atomic mass is 16.2. The number of piperazine rings is 1. The molecule has 0 bridgehead atoms. The van der Waals surface area contributed by atoms with Crippen LogP contribution < -0.4 is 0 Å². The first-order valence-corrected chi connectivity index (χ1v) is 11.7. The summed E-state index contributed by atoms with van der Waals surface area (Å²) in [5.74, 6) is 0.906. The fraction of sp³-hybridized carbons (Fsp3) is 0.692. The van der Waals surface area contributed by atoms with Crippen LogP contribution in [0.3, 0.4) is 0 Å². The number of amides is 1. The van der Waals surface area contributed by atoms with Gasteiger partial charge in [0.25, 0.3) is 0 Å². The molecule has 0 spiro atoms. The van der Waals surface area contributed by atoms with E-state index in [1.165, 1.54) is 36.1 Å². The van der Waals surface area contributed by atoms with Crippen molar-refractivity contribution in [3.05, 3.63) is 35.2 Å². The van der Waals surface area contributed by atoms with Gasteiger partial charge in [0.1, 0.15) is 0 Å². The first-order valence-electron chi connectivity index (χ1n) is 11.7. The second-order valence-electron chi connectivity index (χ2n) is 9.88. The summed E-state index contributed by atoms with van der Waals surface area (Å²) in [7, 11) is 0. The lowest BCUT2D eigenvalue weighted by molar-refractivity contribution is -0.143. The summed E-state index contributed by atoms with van der Waals surface area (Å²) in [6.07, 6.45) is 11.2. The Balaban J connectivity index is 2.34. The number of aliphatic imine (C=N–C) groups is 1. The number of carbonyl (C=O) groups excluding carboxylic acids is 1. The zero-order valence-corrected chi connectivity index (χ0v) is 20.6. The molecule has 0 aromatic heterocycles. The van der Waals surface area contributed by atoms with Gasteiger partial charge in [-0.15, -0.1) is 0 Å². The highest BCUT2D eigenvalue weighted by Crippen LogP contribution is 2.39. The lowest BCUT2D eigenvalue weighted by Gasteiger charge is -2.44. The third kappa shape index (κ3) is 5.65. The van der Waals surface area contributed by atoms with Crippen molar-refractivity contribution in [3.8, 4) is 0 Å². The van der Waals surface area contributed by atoms with E-state index in [-0.39, 0.29) is 17.4 Å². The van der Waals surface area contributed by atoms with Crippen molar-refractivity contribution in [1.29, 1.82) is 0 Å². The zero-order chi connectivity index (χ0) is 22.5. The molecular weight excluding hydrogens is 370 g/mol. The van der Waals surface area contributed by atoms with Crippen LogP contribution in [0.15, 0.2) is 40.2 Å². The molecule has 1 aliphatic carbocycles. The van der Waals surface area contributed by atoms with Gasteiger partial charge in [0.15, 0.2) is 0 Å². The Morgan fingerprint density at radius 2 is 1.83 bits per heavy atom. The molecule has 1 atom stereocenters. The van der Waals surface area contributed by atoms with Crippen LogP contribution in [0.1, 0.15) is 81.1 Å². The average molecular weight is 414 g/mol. The van der Waals surface area contributed by atoms with Crippen molar-refractivity contribution in [2.45, 2.75) is 87.1 Å². The van der Waals surface area contributed by atoms with Crippen molar-refractivity contribution in [1.82, 2.24) is 9.80 Å². The number of carbonyl (C=O) groups is 1. The highest BCUT2D eigenvalue weighted by Gasteiger charge is 2.35. The first kappa shape index (κ1) is 24.4. The standard InChI is InChI=1S/C26H43N3O/c1-9-11-15-27-20(4)24(23(10-2)22-13-12-14-22)21(5)28-16-17-29(19(3)18-28)25(30)26(6,7)8/h10-11,15,19,22H,9,12-14,16-18H2,1-8H3/b15-11+,23-10-,24-21-,27-20+. The lowest BCUT2D eigenvalue weighted by Crippen LogP contribution is -2.56. The van der Waals surface area contributed by atoms with E-state index in [1.807, 2.05) is 27.0 Å². The molecule has 1 aliphatic heterocycles. The smallest absolute Gasteiger partial charge is 0.228 e. The molecule has 0 N–H and O–H groups in total. The van der Waals surface area contributed by atoms with Crippen LogP contribution in [0.2, 0.25) is 0 Å². The van der Waals surface area contributed by atoms with Crippen LogP contribution in [-0.4, -0.2) is 47.1 Å². The molecule has 2 fully saturated rings. The molecule has 1 saturated heterocycles. The van der Waals surface area contributed by atoms with E-state index in [2.05, 4.69) is 56.6 Å². The van der Waals surface area contributed by atoms with Gasteiger partial charge in [-0.25, -0.2) is 0 Å². The van der Waals surface area contributed by atoms with Gasteiger partial charge in [-0.1, -0.05) is 46.3 Å². The number of hydrogen-bond donors (Lipinski definition) is 0. The van der Waals surface area contributed by atoms with Crippen LogP contribution in [0.4, 0.5) is 0 Å². The number of rotatable bonds is 6. The third-order valence-corrected chi connectivity index (χ3v) is 6.48. The summed E-state index contributed by atoms with van der Waals surface area (Å²) in [6.45, 7) is 19.4. The summed E-state index contributed by atoms with van der Waals surface area (Å²) in [4.78, 5) is 22.2. The molecule has 1 unspecified atom stereocenters. The Labute approximate surface area is 184 Å². The molecule has 4 nitrogen and oxygen atoms in total. The Bertz CT molecular complexity index is 732. The summed E-state index contributed by atoms with van der Waals surface area (Å²) in [5, 5.41) is 0. The predicted molar refractivity (Wildman–Crippen MR) is 129 cm³/mol. The summed E-state index contributed by atoms with van der Waals surface area (Å²) in [5.41, 5.74) is 4.83. The lowest BCUT2D eigenvalue weighted by atomic mass is 9.75. The molecule has 0 aromatic rings. The molecule has 30 heavy (non-hydrogen) atoms. The fourth-order valence-electron chi connectivity index (χ4n) is 4.47. The SMILES string of the molecule is C\C=C(C(/C(C)=N/C=C/CC)=C(/C)N1CCN(C(=O)C(C)(C)C)C(C)C1)\C1CCC1. The molecule has 2 aliphatic rings. The average Bonchev–Trinajstić information content (AvgIpc) is 2.64. The summed E-state index contributed by atoms with van der Waals surface area (Å²) >= 11 is 0. The van der Waals surface area contributed by atoms with Gasteiger partial charge >= 0.3 is 0 Å². The van der Waals surface area contributed by atoms with Crippen LogP contribution in [-0.2, 0) is 4.79 Å². The van der Waals surface area contributed by atoms with E-state index in [0.29, 0.717) is 5.92 Å². The quantitative estimate of drug-likeness (QED) is 0.397. The van der Waals surface area contributed by atoms with E-state index in [9.17, 15) is 4.79 Å². The van der Waals surface area contributed by atoms with Crippen LogP contribution in [0.5, 0.6) is 0 Å². The zero-order valence-electron chi connectivity index (χ0n) is 20.6. The monoisotopic (exact) mass is 413 g/mol. The van der Waals surface area contributed by atoms with Gasteiger partial charge in [-0.3, -0.25) is 9.79 Å². The van der Waals surface area contributed by atoms with Crippen molar-refractivity contribution < 1.29 is 4.79 Å². The Kier molecular flexibility index (Phi) is 8.52. The third-order valence-electron chi connectivity index (χ3n) is 6.48. The Morgan fingerprint density at radius 3 is 2.30 bits per heavy atom. The normalized spacial score (nSPS) is 23.0. The molecule has 1 amide bonds. The molecule has 2 rings (SSSR count). The summed E-state index contributed by atoms with van der Waals surface area (Å²) < 4.78 is 0. The van der Waals surface area contributed by atoms with E-state index in [4.69, 9.17) is 4.99 Å². The number of allylic oxidation sites excluding steroid dienone is 5. The van der Waals surface area contributed by atoms with Gasteiger partial charge in [0.05, 0.1) is 0 Å². The van der Waals surface area contributed by atoms with E-state index in [1.54, 1.807) is 0 Å². The van der Waals surface area contributed by atoms with Crippen molar-refractivity contribution >= 4 is 11.6 Å². The number of nitrogens with zero attached hydrogens (tertiary/aromatic N) is 3. The molecule has 1 saturated carbocycles. The second-order valence-corrected chi connectivity index (χ2v) is 9.88. The molecule has 0 aromatic carbocycles. The van der Waals surface area contributed by atoms with Crippen LogP contribution in [0, 0.1) is 11.3 Å². The molecular formula is C26H43N3O. The Morgan fingerprint density at radius 1 is 1.17 bits per heavy atom. The molecule has 0 radical (unpaired) electrons. The van der Waals surface area contributed by atoms with E-state index < -0.39 is 0 Å². The van der Waals surface area contributed by atoms with Crippen molar-refractivity contribution in [3.63, 3.8) is 0 Å². The number of hydrogen-bond acceptors (Lipinski definition) is 3. The second kappa shape index (κ2) is 10.5. The fourth-order valence-corrected chi connectivity index (χ4v) is 4.47. The molecule has 168 valence electrons. The van der Waals surface area contributed by atoms with E-state index >= 15 is 0 Å².